The fourth-order valence-corrected chi connectivity index (χ4v) is 0.562. The third kappa shape index (κ3) is 0.978. The Kier molecular flexibility index (Phi) is 1.67. The molecule has 52 valence electrons. The van der Waals surface area contributed by atoms with Gasteiger partial charge in [0, 0.05) is 0 Å². The molecule has 3 heteroatoms. The highest BCUT2D eigenvalue weighted by molar-refractivity contribution is 5.44. The zero-order valence-electron chi connectivity index (χ0n) is 5.30. The first kappa shape index (κ1) is 6.74. The number of halogens is 1. The van der Waals surface area contributed by atoms with Gasteiger partial charge in [-0.25, -0.2) is 9.37 Å². The average Bonchev–Trinajstić information content (AvgIpc) is 2.34. The Morgan fingerprint density at radius 2 is 2.50 bits per heavy atom. The van der Waals surface area contributed by atoms with Gasteiger partial charge in [0.25, 0.3) is 0 Å². The van der Waals surface area contributed by atoms with E-state index < -0.39 is 5.83 Å². The lowest BCUT2D eigenvalue weighted by Gasteiger charge is -1.76. The molecular weight excluding hydrogens is 133 g/mol. The monoisotopic (exact) mass is 139 g/mol. The molecule has 0 aliphatic rings. The minimum Gasteiger partial charge on any atom is -0.444 e. The summed E-state index contributed by atoms with van der Waals surface area (Å²) in [6.07, 6.45) is 2.20. The summed E-state index contributed by atoms with van der Waals surface area (Å²) in [5, 5.41) is 0.120. The fraction of sp³-hybridized carbons (Fsp3) is 0. The smallest absolute Gasteiger partial charge is 0.182 e. The Morgan fingerprint density at radius 3 is 2.90 bits per heavy atom. The van der Waals surface area contributed by atoms with E-state index in [0.717, 1.165) is 12.5 Å². The molecule has 1 heterocycles. The summed E-state index contributed by atoms with van der Waals surface area (Å²) in [6.45, 7) is 6.65. The van der Waals surface area contributed by atoms with Gasteiger partial charge in [-0.15, -0.1) is 0 Å². The van der Waals surface area contributed by atoms with Crippen LogP contribution >= 0.6 is 0 Å². The van der Waals surface area contributed by atoms with Crippen molar-refractivity contribution < 1.29 is 8.81 Å². The Labute approximate surface area is 57.0 Å². The normalized spacial score (nSPS) is 12.9. The molecule has 0 spiro atoms. The second-order valence-corrected chi connectivity index (χ2v) is 1.68. The third-order valence-electron chi connectivity index (χ3n) is 1.05. The van der Waals surface area contributed by atoms with E-state index in [-0.39, 0.29) is 10.8 Å². The van der Waals surface area contributed by atoms with Crippen LogP contribution in [0.2, 0.25) is 0 Å². The van der Waals surface area contributed by atoms with E-state index in [0.29, 0.717) is 0 Å². The van der Waals surface area contributed by atoms with Crippen LogP contribution in [0, 0.1) is 0 Å². The molecule has 0 aromatic carbocycles. The predicted molar refractivity (Wildman–Crippen MR) is 36.0 cm³/mol. The van der Waals surface area contributed by atoms with Crippen molar-refractivity contribution >= 4 is 12.4 Å². The van der Waals surface area contributed by atoms with Gasteiger partial charge in [0.2, 0.25) is 0 Å². The maximum absolute atomic E-state index is 12.6. The standard InChI is InChI=1S/C7H6FNO/c1-3-6(8)7-5(2)10-4-9-7/h3-4H,1-2H2/b7-6-. The first-order valence-corrected chi connectivity index (χ1v) is 2.66. The summed E-state index contributed by atoms with van der Waals surface area (Å²) in [5.41, 5.74) is 0.220. The molecule has 0 aliphatic heterocycles. The summed E-state index contributed by atoms with van der Waals surface area (Å²) in [4.78, 5) is 3.57. The Bertz CT molecular complexity index is 339. The quantitative estimate of drug-likeness (QED) is 0.561. The van der Waals surface area contributed by atoms with Gasteiger partial charge < -0.3 is 4.42 Å². The van der Waals surface area contributed by atoms with Crippen molar-refractivity contribution in [3.63, 3.8) is 0 Å². The van der Waals surface area contributed by atoms with E-state index in [2.05, 4.69) is 22.6 Å². The molecule has 0 unspecified atom stereocenters. The van der Waals surface area contributed by atoms with Crippen molar-refractivity contribution in [2.24, 2.45) is 0 Å². The van der Waals surface area contributed by atoms with E-state index in [1.807, 2.05) is 0 Å². The SMILES string of the molecule is C=C/C(F)=c1/ncoc1=C. The van der Waals surface area contributed by atoms with Crippen LogP contribution < -0.4 is 10.8 Å². The van der Waals surface area contributed by atoms with Crippen LogP contribution in [0.4, 0.5) is 4.39 Å². The highest BCUT2D eigenvalue weighted by Gasteiger charge is 1.93. The van der Waals surface area contributed by atoms with Gasteiger partial charge in [0.05, 0.1) is 0 Å². The number of hydrogen-bond acceptors (Lipinski definition) is 2. The number of aromatic nitrogens is 1. The van der Waals surface area contributed by atoms with E-state index in [9.17, 15) is 4.39 Å². The highest BCUT2D eigenvalue weighted by Crippen LogP contribution is 1.90. The maximum atomic E-state index is 12.6. The second-order valence-electron chi connectivity index (χ2n) is 1.68. The Morgan fingerprint density at radius 1 is 1.80 bits per heavy atom. The number of rotatable bonds is 1. The molecule has 0 saturated heterocycles. The molecule has 0 bridgehead atoms. The second kappa shape index (κ2) is 2.47. The summed E-state index contributed by atoms with van der Waals surface area (Å²) < 4.78 is 17.3. The lowest BCUT2D eigenvalue weighted by molar-refractivity contribution is 0.525. The summed E-state index contributed by atoms with van der Waals surface area (Å²) in [5.74, 6) is -0.515. The van der Waals surface area contributed by atoms with Gasteiger partial charge in [-0.3, -0.25) is 0 Å². The summed E-state index contributed by atoms with van der Waals surface area (Å²) in [6, 6.07) is 0. The largest absolute Gasteiger partial charge is 0.444 e. The molecule has 0 aliphatic carbocycles. The first-order valence-electron chi connectivity index (χ1n) is 2.66. The average molecular weight is 139 g/mol. The fourth-order valence-electron chi connectivity index (χ4n) is 0.562. The molecule has 0 saturated carbocycles. The van der Waals surface area contributed by atoms with Gasteiger partial charge in [0.15, 0.2) is 12.2 Å². The molecular formula is C7H6FNO. The lowest BCUT2D eigenvalue weighted by Crippen LogP contribution is -2.21. The molecule has 0 fully saturated rings. The molecule has 2 nitrogen and oxygen atoms in total. The zero-order valence-corrected chi connectivity index (χ0v) is 5.30. The van der Waals surface area contributed by atoms with Gasteiger partial charge in [-0.2, -0.15) is 0 Å². The molecule has 10 heavy (non-hydrogen) atoms. The molecule has 1 rings (SSSR count). The Hall–Kier alpha value is -1.38. The van der Waals surface area contributed by atoms with Crippen molar-refractivity contribution in [2.45, 2.75) is 0 Å². The van der Waals surface area contributed by atoms with Crippen LogP contribution in [0.15, 0.2) is 23.5 Å². The minimum absolute atomic E-state index is 0.120. The third-order valence-corrected chi connectivity index (χ3v) is 1.05. The van der Waals surface area contributed by atoms with E-state index in [4.69, 9.17) is 0 Å². The van der Waals surface area contributed by atoms with Crippen molar-refractivity contribution in [3.8, 4) is 0 Å². The highest BCUT2D eigenvalue weighted by atomic mass is 19.1. The van der Waals surface area contributed by atoms with Crippen molar-refractivity contribution in [1.82, 2.24) is 4.98 Å². The topological polar surface area (TPSA) is 26.0 Å². The lowest BCUT2D eigenvalue weighted by atomic mass is 10.4. The van der Waals surface area contributed by atoms with Gasteiger partial charge >= 0.3 is 0 Å². The number of hydrogen-bond donors (Lipinski definition) is 0. The molecule has 1 aromatic rings. The first-order chi connectivity index (χ1) is 4.75. The van der Waals surface area contributed by atoms with Gasteiger partial charge in [0.1, 0.15) is 10.8 Å². The molecule has 0 radical (unpaired) electrons. The van der Waals surface area contributed by atoms with Gasteiger partial charge in [-0.05, 0) is 6.08 Å². The maximum Gasteiger partial charge on any atom is 0.182 e. The van der Waals surface area contributed by atoms with Crippen LogP contribution in [0.1, 0.15) is 0 Å². The van der Waals surface area contributed by atoms with Crippen LogP contribution in [0.5, 0.6) is 0 Å². The molecule has 1 aromatic heterocycles. The summed E-state index contributed by atoms with van der Waals surface area (Å²) in [7, 11) is 0. The van der Waals surface area contributed by atoms with Crippen molar-refractivity contribution in [3.05, 3.63) is 29.8 Å². The van der Waals surface area contributed by atoms with E-state index >= 15 is 0 Å². The number of allylic oxidation sites excluding steroid dienone is 1. The molecule has 0 amide bonds. The van der Waals surface area contributed by atoms with Crippen LogP contribution in [-0.4, -0.2) is 4.98 Å². The van der Waals surface area contributed by atoms with Crippen LogP contribution in [-0.2, 0) is 0 Å². The van der Waals surface area contributed by atoms with E-state index in [1.165, 1.54) is 0 Å². The zero-order chi connectivity index (χ0) is 7.56. The minimum atomic E-state index is -0.515. The van der Waals surface area contributed by atoms with Crippen LogP contribution in [0.3, 0.4) is 0 Å². The van der Waals surface area contributed by atoms with E-state index in [1.54, 1.807) is 0 Å². The van der Waals surface area contributed by atoms with Gasteiger partial charge in [-0.1, -0.05) is 13.2 Å². The number of oxazole rings is 1. The Balaban J connectivity index is 3.55. The van der Waals surface area contributed by atoms with Crippen molar-refractivity contribution in [1.29, 1.82) is 0 Å². The number of nitrogens with zero attached hydrogens (tertiary/aromatic N) is 1. The molecule has 0 atom stereocenters. The summed E-state index contributed by atoms with van der Waals surface area (Å²) >= 11 is 0. The van der Waals surface area contributed by atoms with Crippen molar-refractivity contribution in [2.75, 3.05) is 0 Å². The van der Waals surface area contributed by atoms with Crippen LogP contribution in [0.25, 0.3) is 12.4 Å². The predicted octanol–water partition coefficient (Wildman–Crippen LogP) is 0.349. The molecule has 0 N–H and O–H groups in total.